The number of aliphatic imine (C=N–C) groups is 2. The lowest BCUT2D eigenvalue weighted by Crippen LogP contribution is -2.46. The first-order valence-corrected chi connectivity index (χ1v) is 13.0. The number of aromatic nitrogens is 3. The number of sulfonamides is 1. The van der Waals surface area contributed by atoms with Crippen LogP contribution in [0, 0.1) is 0 Å². The number of ether oxygens (including phenoxy) is 1. The Bertz CT molecular complexity index is 1380. The van der Waals surface area contributed by atoms with Crippen LogP contribution >= 0.6 is 0 Å². The molecule has 35 heavy (non-hydrogen) atoms. The second kappa shape index (κ2) is 9.31. The number of rotatable bonds is 6. The molecule has 3 aromatic rings. The number of aromatic amines is 1. The number of nitrogens with zero attached hydrogens (tertiary/aromatic N) is 5. The van der Waals surface area contributed by atoms with Crippen molar-refractivity contribution in [2.45, 2.75) is 30.2 Å². The van der Waals surface area contributed by atoms with Gasteiger partial charge in [0.1, 0.15) is 17.4 Å². The van der Waals surface area contributed by atoms with Crippen LogP contribution in [-0.4, -0.2) is 73.4 Å². The van der Waals surface area contributed by atoms with Crippen LogP contribution in [-0.2, 0) is 23.5 Å². The molecule has 0 aliphatic carbocycles. The molecule has 0 saturated carbocycles. The van der Waals surface area contributed by atoms with Crippen LogP contribution in [0.2, 0.25) is 0 Å². The predicted molar refractivity (Wildman–Crippen MR) is 135 cm³/mol. The summed E-state index contributed by atoms with van der Waals surface area (Å²) < 4.78 is 36.1. The molecule has 2 N–H and O–H groups in total. The van der Waals surface area contributed by atoms with E-state index < -0.39 is 10.0 Å². The molecular formula is C24H29N7O3S. The Kier molecular flexibility index (Phi) is 6.20. The van der Waals surface area contributed by atoms with Crippen molar-refractivity contribution in [2.75, 3.05) is 26.7 Å². The molecule has 1 fully saturated rings. The molecule has 0 spiro atoms. The second-order valence-corrected chi connectivity index (χ2v) is 10.5. The van der Waals surface area contributed by atoms with Crippen molar-refractivity contribution in [1.29, 1.82) is 0 Å². The van der Waals surface area contributed by atoms with E-state index >= 15 is 0 Å². The quantitative estimate of drug-likeness (QED) is 0.403. The summed E-state index contributed by atoms with van der Waals surface area (Å²) in [4.78, 5) is 14.5. The topological polar surface area (TPSA) is 117 Å². The van der Waals surface area contributed by atoms with Crippen molar-refractivity contribution >= 4 is 28.4 Å². The van der Waals surface area contributed by atoms with Gasteiger partial charge < -0.3 is 14.6 Å². The van der Waals surface area contributed by atoms with Gasteiger partial charge in [0.15, 0.2) is 0 Å². The number of piperidine rings is 1. The Balaban J connectivity index is 1.27. The Morgan fingerprint density at radius 3 is 2.77 bits per heavy atom. The van der Waals surface area contributed by atoms with Gasteiger partial charge in [-0.25, -0.2) is 18.1 Å². The lowest BCUT2D eigenvalue weighted by atomic mass is 10.0. The van der Waals surface area contributed by atoms with Crippen LogP contribution in [0.3, 0.4) is 0 Å². The predicted octanol–water partition coefficient (Wildman–Crippen LogP) is 2.50. The zero-order chi connectivity index (χ0) is 24.6. The Hall–Kier alpha value is -3.44. The maximum absolute atomic E-state index is 13.0. The van der Waals surface area contributed by atoms with Gasteiger partial charge in [0, 0.05) is 51.4 Å². The van der Waals surface area contributed by atoms with Crippen molar-refractivity contribution in [3.05, 3.63) is 47.8 Å². The van der Waals surface area contributed by atoms with E-state index in [1.54, 1.807) is 36.1 Å². The van der Waals surface area contributed by atoms with Gasteiger partial charge >= 0.3 is 0 Å². The van der Waals surface area contributed by atoms with Gasteiger partial charge in [-0.05, 0) is 49.4 Å². The van der Waals surface area contributed by atoms with Crippen LogP contribution in [0.5, 0.6) is 5.75 Å². The number of H-pyrrole nitrogens is 1. The number of amidine groups is 1. The van der Waals surface area contributed by atoms with Crippen molar-refractivity contribution < 1.29 is 13.2 Å². The van der Waals surface area contributed by atoms with E-state index in [0.29, 0.717) is 38.4 Å². The summed E-state index contributed by atoms with van der Waals surface area (Å²) in [6.45, 7) is 5.64. The minimum Gasteiger partial charge on any atom is -0.493 e. The van der Waals surface area contributed by atoms with Crippen LogP contribution < -0.4 is 9.46 Å². The summed E-state index contributed by atoms with van der Waals surface area (Å²) in [5, 5.41) is 4.24. The Morgan fingerprint density at radius 2 is 2.09 bits per heavy atom. The molecule has 0 bridgehead atoms. The van der Waals surface area contributed by atoms with E-state index in [-0.39, 0.29) is 10.9 Å². The smallest absolute Gasteiger partial charge is 0.240 e. The molecule has 4 heterocycles. The minimum absolute atomic E-state index is 0.145. The molecule has 0 unspecified atom stereocenters. The monoisotopic (exact) mass is 495 g/mol. The van der Waals surface area contributed by atoms with Crippen LogP contribution in [0.25, 0.3) is 11.3 Å². The first-order valence-electron chi connectivity index (χ1n) is 11.6. The second-order valence-electron chi connectivity index (χ2n) is 8.80. The van der Waals surface area contributed by atoms with Gasteiger partial charge in [0.25, 0.3) is 0 Å². The number of nitrogens with one attached hydrogen (secondary N) is 2. The molecule has 0 atom stereocenters. The van der Waals surface area contributed by atoms with E-state index in [2.05, 4.69) is 36.4 Å². The molecule has 1 aromatic carbocycles. The average Bonchev–Trinajstić information content (AvgIpc) is 3.59. The normalized spacial score (nSPS) is 16.9. The molecule has 5 rings (SSSR count). The average molecular weight is 496 g/mol. The lowest BCUT2D eigenvalue weighted by Gasteiger charge is -2.34. The summed E-state index contributed by atoms with van der Waals surface area (Å²) in [6.07, 6.45) is 5.79. The molecule has 184 valence electrons. The third kappa shape index (κ3) is 4.61. The van der Waals surface area contributed by atoms with Crippen LogP contribution in [0.4, 0.5) is 5.82 Å². The fraction of sp³-hybridized carbons (Fsp3) is 0.375. The molecule has 10 nitrogen and oxygen atoms in total. The standard InChI is InChI=1S/C24H29N7O3S/c1-25-23-20(13-21(28-23)17-14-27-30(3)15-17)24(26-2)31-9-6-18(7-10-31)29-35(32,33)19-4-5-22-16(12-19)8-11-34-22/h4-5,12-15,18,28-29H,1,6-11H2,2-3H3. The first kappa shape index (κ1) is 23.3. The molecule has 0 amide bonds. The summed E-state index contributed by atoms with van der Waals surface area (Å²) in [5.74, 6) is 2.22. The number of aryl methyl sites for hydroxylation is 1. The number of likely N-dealkylation sites (tertiary alicyclic amines) is 1. The molecule has 0 radical (unpaired) electrons. The molecular weight excluding hydrogens is 466 g/mol. The SMILES string of the molecule is C=Nc1[nH]c(-c2cnn(C)c2)cc1C(=NC)N1CCC(NS(=O)(=O)c2ccc3c(c2)CCO3)CC1. The van der Waals surface area contributed by atoms with Gasteiger partial charge in [-0.2, -0.15) is 5.10 Å². The zero-order valence-electron chi connectivity index (χ0n) is 19.9. The van der Waals surface area contributed by atoms with Gasteiger partial charge in [0.2, 0.25) is 10.0 Å². The van der Waals surface area contributed by atoms with Gasteiger partial charge in [0.05, 0.1) is 29.0 Å². The third-order valence-corrected chi connectivity index (χ3v) is 8.03. The highest BCUT2D eigenvalue weighted by Gasteiger charge is 2.28. The fourth-order valence-corrected chi connectivity index (χ4v) is 6.07. The number of hydrogen-bond acceptors (Lipinski definition) is 6. The van der Waals surface area contributed by atoms with Crippen molar-refractivity contribution in [3.63, 3.8) is 0 Å². The lowest BCUT2D eigenvalue weighted by molar-refractivity contribution is 0.302. The van der Waals surface area contributed by atoms with E-state index in [1.165, 1.54) is 0 Å². The van der Waals surface area contributed by atoms with E-state index in [0.717, 1.165) is 40.4 Å². The minimum atomic E-state index is -3.60. The first-order chi connectivity index (χ1) is 16.9. The Labute approximate surface area is 204 Å². The zero-order valence-corrected chi connectivity index (χ0v) is 20.7. The summed E-state index contributed by atoms with van der Waals surface area (Å²) >= 11 is 0. The highest BCUT2D eigenvalue weighted by atomic mass is 32.2. The van der Waals surface area contributed by atoms with Crippen molar-refractivity contribution in [3.8, 4) is 17.0 Å². The van der Waals surface area contributed by atoms with Crippen LogP contribution in [0.15, 0.2) is 51.5 Å². The fourth-order valence-electron chi connectivity index (χ4n) is 4.71. The summed E-state index contributed by atoms with van der Waals surface area (Å²) in [5.41, 5.74) is 3.64. The van der Waals surface area contributed by atoms with Crippen molar-refractivity contribution in [2.24, 2.45) is 17.0 Å². The van der Waals surface area contributed by atoms with Gasteiger partial charge in [-0.1, -0.05) is 0 Å². The number of benzene rings is 1. The van der Waals surface area contributed by atoms with Crippen molar-refractivity contribution in [1.82, 2.24) is 24.4 Å². The number of fused-ring (bicyclic) bond motifs is 1. The molecule has 2 aromatic heterocycles. The maximum Gasteiger partial charge on any atom is 0.240 e. The summed E-state index contributed by atoms with van der Waals surface area (Å²) in [7, 11) is 0.0230. The van der Waals surface area contributed by atoms with Gasteiger partial charge in [-0.3, -0.25) is 9.67 Å². The van der Waals surface area contributed by atoms with Crippen LogP contribution in [0.1, 0.15) is 24.0 Å². The van der Waals surface area contributed by atoms with Gasteiger partial charge in [-0.15, -0.1) is 0 Å². The number of hydrogen-bond donors (Lipinski definition) is 2. The highest BCUT2D eigenvalue weighted by Crippen LogP contribution is 2.30. The third-order valence-electron chi connectivity index (χ3n) is 6.51. The van der Waals surface area contributed by atoms with E-state index in [9.17, 15) is 8.42 Å². The highest BCUT2D eigenvalue weighted by molar-refractivity contribution is 7.89. The molecule has 2 aliphatic heterocycles. The maximum atomic E-state index is 13.0. The largest absolute Gasteiger partial charge is 0.493 e. The van der Waals surface area contributed by atoms with E-state index in [1.807, 2.05) is 19.3 Å². The molecule has 11 heteroatoms. The van der Waals surface area contributed by atoms with E-state index in [4.69, 9.17) is 4.74 Å². The summed E-state index contributed by atoms with van der Waals surface area (Å²) in [6, 6.07) is 6.94. The Morgan fingerprint density at radius 1 is 1.29 bits per heavy atom. The molecule has 1 saturated heterocycles. The molecule has 2 aliphatic rings.